The fraction of sp³-hybridized carbons (Fsp3) is 0.273. The average molecular weight is 415 g/mol. The second-order valence-electron chi connectivity index (χ2n) is 6.45. The summed E-state index contributed by atoms with van der Waals surface area (Å²) in [6.45, 7) is 4.18. The van der Waals surface area contributed by atoms with Crippen molar-refractivity contribution in [2.75, 3.05) is 6.61 Å². The van der Waals surface area contributed by atoms with Gasteiger partial charge >= 0.3 is 12.0 Å². The number of benzene rings is 2. The molecule has 152 valence electrons. The van der Waals surface area contributed by atoms with Crippen molar-refractivity contribution in [2.24, 2.45) is 0 Å². The Hall–Kier alpha value is -2.99. The van der Waals surface area contributed by atoms with Crippen LogP contribution in [0.25, 0.3) is 0 Å². The summed E-state index contributed by atoms with van der Waals surface area (Å²) in [5.74, 6) is 0.153. The third-order valence-electron chi connectivity index (χ3n) is 4.55. The maximum atomic E-state index is 12.6. The fourth-order valence-electron chi connectivity index (χ4n) is 3.16. The molecule has 29 heavy (non-hydrogen) atoms. The molecule has 1 aliphatic heterocycles. The van der Waals surface area contributed by atoms with Crippen LogP contribution < -0.4 is 15.4 Å². The first-order valence-electron chi connectivity index (χ1n) is 9.47. The van der Waals surface area contributed by atoms with Crippen LogP contribution in [0.3, 0.4) is 0 Å². The summed E-state index contributed by atoms with van der Waals surface area (Å²) < 4.78 is 11.1. The predicted octanol–water partition coefficient (Wildman–Crippen LogP) is 4.50. The van der Waals surface area contributed by atoms with Crippen LogP contribution in [0.4, 0.5) is 4.79 Å². The number of carbonyl (C=O) groups is 2. The fourth-order valence-corrected chi connectivity index (χ4v) is 3.35. The van der Waals surface area contributed by atoms with Gasteiger partial charge in [-0.15, -0.1) is 0 Å². The van der Waals surface area contributed by atoms with Crippen molar-refractivity contribution in [3.8, 4) is 5.75 Å². The van der Waals surface area contributed by atoms with Crippen molar-refractivity contribution in [3.63, 3.8) is 0 Å². The minimum absolute atomic E-state index is 0.251. The number of amides is 2. The van der Waals surface area contributed by atoms with E-state index < -0.39 is 12.0 Å². The minimum Gasteiger partial charge on any atom is -0.489 e. The molecule has 6 nitrogen and oxygen atoms in total. The van der Waals surface area contributed by atoms with Crippen molar-refractivity contribution >= 4 is 23.6 Å². The summed E-state index contributed by atoms with van der Waals surface area (Å²) in [6, 6.07) is 13.8. The molecule has 1 aliphatic rings. The molecule has 2 N–H and O–H groups in total. The number of hydrogen-bond donors (Lipinski definition) is 2. The van der Waals surface area contributed by atoms with Crippen LogP contribution in [0.1, 0.15) is 37.4 Å². The van der Waals surface area contributed by atoms with Crippen LogP contribution in [0.5, 0.6) is 5.75 Å². The maximum Gasteiger partial charge on any atom is 0.338 e. The topological polar surface area (TPSA) is 76.7 Å². The lowest BCUT2D eigenvalue weighted by atomic mass is 9.94. The van der Waals surface area contributed by atoms with Gasteiger partial charge in [0.25, 0.3) is 0 Å². The number of ether oxygens (including phenoxy) is 2. The highest BCUT2D eigenvalue weighted by Crippen LogP contribution is 2.31. The molecule has 0 saturated carbocycles. The zero-order valence-electron chi connectivity index (χ0n) is 16.3. The minimum atomic E-state index is -0.624. The monoisotopic (exact) mass is 414 g/mol. The predicted molar refractivity (Wildman–Crippen MR) is 111 cm³/mol. The van der Waals surface area contributed by atoms with E-state index in [0.29, 0.717) is 35.1 Å². The Morgan fingerprint density at radius 1 is 1.14 bits per heavy atom. The van der Waals surface area contributed by atoms with Crippen molar-refractivity contribution in [1.29, 1.82) is 0 Å². The van der Waals surface area contributed by atoms with Gasteiger partial charge in [-0.1, -0.05) is 48.9 Å². The van der Waals surface area contributed by atoms with Crippen molar-refractivity contribution in [3.05, 3.63) is 76.0 Å². The maximum absolute atomic E-state index is 12.6. The number of allylic oxidation sites excluding steroid dienone is 1. The molecule has 0 fully saturated rings. The highest BCUT2D eigenvalue weighted by atomic mass is 35.5. The first-order valence-corrected chi connectivity index (χ1v) is 9.85. The standard InChI is InChI=1S/C22H23ClN2O4/c1-3-18-19(21(26)28-4-2)20(25-22(27)24-18)14-9-7-10-16(12-14)29-13-15-8-5-6-11-17(15)23/h5-12,20H,3-4,13H2,1-2H3,(H2,24,25,27). The molecular weight excluding hydrogens is 392 g/mol. The molecule has 2 aromatic carbocycles. The molecule has 0 radical (unpaired) electrons. The SMILES string of the molecule is CCOC(=O)C1=C(CC)NC(=O)NC1c1cccc(OCc2ccccc2Cl)c1. The number of nitrogens with one attached hydrogen (secondary N) is 2. The first kappa shape index (κ1) is 20.7. The van der Waals surface area contributed by atoms with Gasteiger partial charge in [0.2, 0.25) is 0 Å². The molecule has 1 heterocycles. The summed E-state index contributed by atoms with van der Waals surface area (Å²) in [6.07, 6.45) is 0.501. The smallest absolute Gasteiger partial charge is 0.338 e. The second kappa shape index (κ2) is 9.47. The van der Waals surface area contributed by atoms with E-state index in [1.54, 1.807) is 13.0 Å². The molecule has 0 aliphatic carbocycles. The lowest BCUT2D eigenvalue weighted by Crippen LogP contribution is -2.45. The molecule has 2 amide bonds. The molecule has 1 unspecified atom stereocenters. The van der Waals surface area contributed by atoms with Crippen molar-refractivity contribution < 1.29 is 19.1 Å². The normalized spacial score (nSPS) is 16.1. The van der Waals surface area contributed by atoms with Crippen LogP contribution in [0, 0.1) is 0 Å². The van der Waals surface area contributed by atoms with E-state index in [2.05, 4.69) is 10.6 Å². The van der Waals surface area contributed by atoms with Gasteiger partial charge in [0.05, 0.1) is 18.2 Å². The molecule has 1 atom stereocenters. The Bertz CT molecular complexity index is 942. The van der Waals surface area contributed by atoms with Gasteiger partial charge in [-0.3, -0.25) is 0 Å². The summed E-state index contributed by atoms with van der Waals surface area (Å²) in [5, 5.41) is 6.15. The summed E-state index contributed by atoms with van der Waals surface area (Å²) in [7, 11) is 0. The van der Waals surface area contributed by atoms with Crippen molar-refractivity contribution in [1.82, 2.24) is 10.6 Å². The molecule has 0 bridgehead atoms. The Kier molecular flexibility index (Phi) is 6.77. The van der Waals surface area contributed by atoms with E-state index >= 15 is 0 Å². The number of urea groups is 1. The zero-order chi connectivity index (χ0) is 20.8. The first-order chi connectivity index (χ1) is 14.0. The van der Waals surface area contributed by atoms with Gasteiger partial charge in [-0.05, 0) is 37.1 Å². The van der Waals surface area contributed by atoms with E-state index in [4.69, 9.17) is 21.1 Å². The van der Waals surface area contributed by atoms with E-state index in [1.165, 1.54) is 0 Å². The summed E-state index contributed by atoms with van der Waals surface area (Å²) >= 11 is 6.18. The van der Waals surface area contributed by atoms with E-state index in [1.807, 2.05) is 49.4 Å². The third-order valence-corrected chi connectivity index (χ3v) is 4.91. The lowest BCUT2D eigenvalue weighted by Gasteiger charge is -2.29. The van der Waals surface area contributed by atoms with Crippen LogP contribution in [-0.4, -0.2) is 18.6 Å². The van der Waals surface area contributed by atoms with Gasteiger partial charge in [-0.2, -0.15) is 0 Å². The Morgan fingerprint density at radius 2 is 1.93 bits per heavy atom. The molecular formula is C22H23ClN2O4. The Morgan fingerprint density at radius 3 is 2.66 bits per heavy atom. The van der Waals surface area contributed by atoms with E-state index in [9.17, 15) is 9.59 Å². The number of carbonyl (C=O) groups excluding carboxylic acids is 2. The summed E-state index contributed by atoms with van der Waals surface area (Å²) in [5.41, 5.74) is 2.55. The largest absolute Gasteiger partial charge is 0.489 e. The molecule has 3 rings (SSSR count). The van der Waals surface area contributed by atoms with E-state index in [0.717, 1.165) is 11.1 Å². The van der Waals surface area contributed by atoms with Gasteiger partial charge in [-0.25, -0.2) is 9.59 Å². The lowest BCUT2D eigenvalue weighted by molar-refractivity contribution is -0.139. The highest BCUT2D eigenvalue weighted by Gasteiger charge is 2.33. The third kappa shape index (κ3) is 4.90. The number of hydrogen-bond acceptors (Lipinski definition) is 4. The van der Waals surface area contributed by atoms with Gasteiger partial charge < -0.3 is 20.1 Å². The number of esters is 1. The van der Waals surface area contributed by atoms with Gasteiger partial charge in [0.15, 0.2) is 0 Å². The molecule has 0 spiro atoms. The van der Waals surface area contributed by atoms with E-state index in [-0.39, 0.29) is 12.6 Å². The molecule has 7 heteroatoms. The Labute approximate surface area is 174 Å². The van der Waals surface area contributed by atoms with Crippen molar-refractivity contribution in [2.45, 2.75) is 32.9 Å². The second-order valence-corrected chi connectivity index (χ2v) is 6.86. The molecule has 0 aromatic heterocycles. The molecule has 2 aromatic rings. The van der Waals surface area contributed by atoms with Gasteiger partial charge in [0.1, 0.15) is 12.4 Å². The Balaban J connectivity index is 1.88. The van der Waals surface area contributed by atoms with Gasteiger partial charge in [0, 0.05) is 16.3 Å². The molecule has 0 saturated heterocycles. The zero-order valence-corrected chi connectivity index (χ0v) is 17.1. The highest BCUT2D eigenvalue weighted by molar-refractivity contribution is 6.31. The number of rotatable bonds is 7. The number of halogens is 1. The van der Waals surface area contributed by atoms with Crippen LogP contribution >= 0.6 is 11.6 Å². The average Bonchev–Trinajstić information content (AvgIpc) is 2.72. The van der Waals surface area contributed by atoms with Crippen LogP contribution in [-0.2, 0) is 16.1 Å². The quantitative estimate of drug-likeness (QED) is 0.654. The summed E-state index contributed by atoms with van der Waals surface area (Å²) in [4.78, 5) is 24.7. The van der Waals surface area contributed by atoms with Crippen LogP contribution in [0.15, 0.2) is 59.8 Å². The van der Waals surface area contributed by atoms with Crippen LogP contribution in [0.2, 0.25) is 5.02 Å².